The molecule has 1 aromatic carbocycles. The van der Waals surface area contributed by atoms with Gasteiger partial charge in [0.2, 0.25) is 0 Å². The number of hydrogen-bond donors (Lipinski definition) is 3. The highest BCUT2D eigenvalue weighted by atomic mass is 16.3. The van der Waals surface area contributed by atoms with Gasteiger partial charge in [0.25, 0.3) is 0 Å². The van der Waals surface area contributed by atoms with Gasteiger partial charge in [0, 0.05) is 24.3 Å². The van der Waals surface area contributed by atoms with Crippen LogP contribution in [0.1, 0.15) is 11.1 Å². The summed E-state index contributed by atoms with van der Waals surface area (Å²) < 4.78 is 0. The average molecular weight is 192 g/mol. The molecule has 0 spiro atoms. The second-order valence-corrected chi connectivity index (χ2v) is 3.90. The molecule has 2 rings (SSSR count). The molecule has 0 aliphatic carbocycles. The number of rotatable bonds is 2. The maximum Gasteiger partial charge on any atom is 0.123 e. The lowest BCUT2D eigenvalue weighted by Gasteiger charge is -2.29. The minimum Gasteiger partial charge on any atom is -0.507 e. The van der Waals surface area contributed by atoms with E-state index in [1.807, 2.05) is 26.0 Å². The third-order valence-electron chi connectivity index (χ3n) is 2.77. The third kappa shape index (κ3) is 1.55. The zero-order chi connectivity index (χ0) is 10.1. The second-order valence-electron chi connectivity index (χ2n) is 3.90. The molecule has 76 valence electrons. The van der Waals surface area contributed by atoms with Gasteiger partial charge in [-0.3, -0.25) is 0 Å². The van der Waals surface area contributed by atoms with Gasteiger partial charge in [0.1, 0.15) is 5.75 Å². The van der Waals surface area contributed by atoms with Crippen LogP contribution in [0.15, 0.2) is 12.1 Å². The Morgan fingerprint density at radius 3 is 2.64 bits per heavy atom. The second kappa shape index (κ2) is 3.50. The van der Waals surface area contributed by atoms with Crippen LogP contribution in [-0.4, -0.2) is 24.2 Å². The standard InChI is InChI=1S/C11H16N2O/c1-7-3-4-10(8(2)11(7)14)13-9-5-12-6-9/h3-4,9,12-14H,5-6H2,1-2H3. The molecule has 1 fully saturated rings. The largest absolute Gasteiger partial charge is 0.507 e. The molecular weight excluding hydrogens is 176 g/mol. The lowest BCUT2D eigenvalue weighted by Crippen LogP contribution is -2.51. The van der Waals surface area contributed by atoms with Crippen molar-refractivity contribution in [3.05, 3.63) is 23.3 Å². The van der Waals surface area contributed by atoms with Gasteiger partial charge in [-0.15, -0.1) is 0 Å². The van der Waals surface area contributed by atoms with Crippen LogP contribution >= 0.6 is 0 Å². The predicted octanol–water partition coefficient (Wildman–Crippen LogP) is 1.39. The molecule has 0 unspecified atom stereocenters. The van der Waals surface area contributed by atoms with Crippen molar-refractivity contribution in [2.45, 2.75) is 19.9 Å². The van der Waals surface area contributed by atoms with Crippen LogP contribution in [0.25, 0.3) is 0 Å². The molecule has 1 aliphatic rings. The highest BCUT2D eigenvalue weighted by Crippen LogP contribution is 2.28. The highest BCUT2D eigenvalue weighted by Gasteiger charge is 2.17. The van der Waals surface area contributed by atoms with E-state index in [-0.39, 0.29) is 0 Å². The van der Waals surface area contributed by atoms with Crippen molar-refractivity contribution in [2.24, 2.45) is 0 Å². The van der Waals surface area contributed by atoms with Gasteiger partial charge < -0.3 is 15.7 Å². The van der Waals surface area contributed by atoms with Crippen molar-refractivity contribution < 1.29 is 5.11 Å². The van der Waals surface area contributed by atoms with E-state index in [0.29, 0.717) is 11.8 Å². The molecular formula is C11H16N2O. The van der Waals surface area contributed by atoms with Gasteiger partial charge in [-0.1, -0.05) is 6.07 Å². The first-order chi connectivity index (χ1) is 6.68. The monoisotopic (exact) mass is 192 g/mol. The van der Waals surface area contributed by atoms with E-state index < -0.39 is 0 Å². The molecule has 1 saturated heterocycles. The van der Waals surface area contributed by atoms with Gasteiger partial charge in [-0.2, -0.15) is 0 Å². The minimum absolute atomic E-state index is 0.405. The lowest BCUT2D eigenvalue weighted by atomic mass is 10.1. The fourth-order valence-electron chi connectivity index (χ4n) is 1.60. The van der Waals surface area contributed by atoms with E-state index in [9.17, 15) is 5.11 Å². The molecule has 3 nitrogen and oxygen atoms in total. The Bertz CT molecular complexity index is 345. The fraction of sp³-hybridized carbons (Fsp3) is 0.455. The highest BCUT2D eigenvalue weighted by molar-refractivity contribution is 5.59. The number of nitrogens with one attached hydrogen (secondary N) is 2. The Kier molecular flexibility index (Phi) is 2.33. The maximum absolute atomic E-state index is 9.74. The summed E-state index contributed by atoms with van der Waals surface area (Å²) in [4.78, 5) is 0. The Morgan fingerprint density at radius 1 is 1.36 bits per heavy atom. The maximum atomic E-state index is 9.74. The summed E-state index contributed by atoms with van der Waals surface area (Å²) in [6, 6.07) is 4.48. The molecule has 3 heteroatoms. The van der Waals surface area contributed by atoms with Crippen molar-refractivity contribution >= 4 is 5.69 Å². The van der Waals surface area contributed by atoms with E-state index in [4.69, 9.17) is 0 Å². The van der Waals surface area contributed by atoms with Crippen LogP contribution in [0, 0.1) is 13.8 Å². The number of aromatic hydroxyl groups is 1. The number of benzene rings is 1. The number of anilines is 1. The third-order valence-corrected chi connectivity index (χ3v) is 2.77. The Labute approximate surface area is 84.1 Å². The van der Waals surface area contributed by atoms with Gasteiger partial charge >= 0.3 is 0 Å². The summed E-state index contributed by atoms with van der Waals surface area (Å²) in [6.07, 6.45) is 0. The predicted molar refractivity (Wildman–Crippen MR) is 57.9 cm³/mol. The zero-order valence-corrected chi connectivity index (χ0v) is 8.59. The van der Waals surface area contributed by atoms with E-state index in [0.717, 1.165) is 29.9 Å². The quantitative estimate of drug-likeness (QED) is 0.663. The topological polar surface area (TPSA) is 44.3 Å². The van der Waals surface area contributed by atoms with Gasteiger partial charge in [0.05, 0.1) is 6.04 Å². The Hall–Kier alpha value is -1.22. The average Bonchev–Trinajstić information content (AvgIpc) is 2.10. The van der Waals surface area contributed by atoms with Crippen LogP contribution in [-0.2, 0) is 0 Å². The van der Waals surface area contributed by atoms with Gasteiger partial charge in [0.15, 0.2) is 0 Å². The summed E-state index contributed by atoms with van der Waals surface area (Å²) in [5, 5.41) is 16.3. The lowest BCUT2D eigenvalue weighted by molar-refractivity contribution is 0.462. The van der Waals surface area contributed by atoms with Crippen molar-refractivity contribution in [3.8, 4) is 5.75 Å². The summed E-state index contributed by atoms with van der Waals surface area (Å²) >= 11 is 0. The number of aryl methyl sites for hydroxylation is 1. The van der Waals surface area contributed by atoms with Crippen molar-refractivity contribution in [3.63, 3.8) is 0 Å². The first-order valence-electron chi connectivity index (χ1n) is 4.95. The summed E-state index contributed by atoms with van der Waals surface area (Å²) in [6.45, 7) is 5.87. The first kappa shape index (κ1) is 9.34. The van der Waals surface area contributed by atoms with Crippen molar-refractivity contribution in [2.75, 3.05) is 18.4 Å². The molecule has 0 amide bonds. The first-order valence-corrected chi connectivity index (χ1v) is 4.95. The minimum atomic E-state index is 0.405. The van der Waals surface area contributed by atoms with Crippen molar-refractivity contribution in [1.29, 1.82) is 0 Å². The van der Waals surface area contributed by atoms with Crippen LogP contribution in [0.2, 0.25) is 0 Å². The molecule has 1 aliphatic heterocycles. The zero-order valence-electron chi connectivity index (χ0n) is 8.59. The van der Waals surface area contributed by atoms with E-state index in [1.54, 1.807) is 0 Å². The van der Waals surface area contributed by atoms with E-state index in [2.05, 4.69) is 10.6 Å². The molecule has 0 bridgehead atoms. The Balaban J connectivity index is 2.20. The molecule has 0 atom stereocenters. The number of phenols is 1. The van der Waals surface area contributed by atoms with Crippen LogP contribution in [0.3, 0.4) is 0 Å². The van der Waals surface area contributed by atoms with Crippen LogP contribution in [0.4, 0.5) is 5.69 Å². The summed E-state index contributed by atoms with van der Waals surface area (Å²) in [5.41, 5.74) is 2.91. The van der Waals surface area contributed by atoms with E-state index in [1.165, 1.54) is 0 Å². The molecule has 0 radical (unpaired) electrons. The SMILES string of the molecule is Cc1ccc(NC2CNC2)c(C)c1O. The Morgan fingerprint density at radius 2 is 2.07 bits per heavy atom. The van der Waals surface area contributed by atoms with E-state index >= 15 is 0 Å². The number of hydrogen-bond acceptors (Lipinski definition) is 3. The van der Waals surface area contributed by atoms with Crippen LogP contribution in [0.5, 0.6) is 5.75 Å². The normalized spacial score (nSPS) is 16.4. The van der Waals surface area contributed by atoms with Gasteiger partial charge in [-0.25, -0.2) is 0 Å². The fourth-order valence-corrected chi connectivity index (χ4v) is 1.60. The molecule has 3 N–H and O–H groups in total. The molecule has 14 heavy (non-hydrogen) atoms. The van der Waals surface area contributed by atoms with Gasteiger partial charge in [-0.05, 0) is 25.5 Å². The molecule has 0 saturated carbocycles. The smallest absolute Gasteiger partial charge is 0.123 e. The number of phenolic OH excluding ortho intramolecular Hbond substituents is 1. The molecule has 1 heterocycles. The summed E-state index contributed by atoms with van der Waals surface area (Å²) in [5.74, 6) is 0.405. The summed E-state index contributed by atoms with van der Waals surface area (Å²) in [7, 11) is 0. The van der Waals surface area contributed by atoms with Crippen molar-refractivity contribution in [1.82, 2.24) is 5.32 Å². The van der Waals surface area contributed by atoms with Crippen LogP contribution < -0.4 is 10.6 Å². The molecule has 1 aromatic rings. The molecule has 0 aromatic heterocycles.